The summed E-state index contributed by atoms with van der Waals surface area (Å²) in [5.41, 5.74) is 2.11. The number of hydrogen-bond donors (Lipinski definition) is 0. The van der Waals surface area contributed by atoms with Crippen molar-refractivity contribution in [2.24, 2.45) is 5.92 Å². The monoisotopic (exact) mass is 349 g/mol. The van der Waals surface area contributed by atoms with Gasteiger partial charge in [-0.2, -0.15) is 0 Å². The van der Waals surface area contributed by atoms with E-state index in [9.17, 15) is 9.59 Å². The summed E-state index contributed by atoms with van der Waals surface area (Å²) in [6.45, 7) is 1.82. The van der Waals surface area contributed by atoms with E-state index in [1.807, 2.05) is 40.1 Å². The lowest BCUT2D eigenvalue weighted by molar-refractivity contribution is -0.140. The molecule has 3 fully saturated rings. The molecule has 0 radical (unpaired) electrons. The predicted octanol–water partition coefficient (Wildman–Crippen LogP) is 2.27. The first kappa shape index (κ1) is 16.8. The van der Waals surface area contributed by atoms with Crippen LogP contribution in [-0.4, -0.2) is 45.7 Å². The van der Waals surface area contributed by atoms with E-state index in [1.54, 1.807) is 12.4 Å². The van der Waals surface area contributed by atoms with E-state index in [1.165, 1.54) is 0 Å². The molecule has 0 spiro atoms. The van der Waals surface area contributed by atoms with E-state index in [4.69, 9.17) is 0 Å². The average Bonchev–Trinajstić information content (AvgIpc) is 2.96. The molecule has 134 valence electrons. The minimum Gasteiger partial charge on any atom is -0.340 e. The van der Waals surface area contributed by atoms with Gasteiger partial charge in [0.05, 0.1) is 12.3 Å². The Morgan fingerprint density at radius 1 is 1.00 bits per heavy atom. The van der Waals surface area contributed by atoms with Crippen LogP contribution in [0, 0.1) is 5.92 Å². The number of rotatable bonds is 4. The maximum atomic E-state index is 12.9. The van der Waals surface area contributed by atoms with Crippen molar-refractivity contribution in [3.8, 4) is 0 Å². The molecule has 2 aromatic rings. The molecule has 0 unspecified atom stereocenters. The highest BCUT2D eigenvalue weighted by molar-refractivity contribution is 5.84. The van der Waals surface area contributed by atoms with Crippen molar-refractivity contribution in [1.29, 1.82) is 0 Å². The Labute approximate surface area is 153 Å². The molecule has 3 saturated heterocycles. The molecule has 0 aliphatic carbocycles. The molecular formula is C21H23N3O2. The molecule has 2 amide bonds. The second-order valence-corrected chi connectivity index (χ2v) is 7.21. The molecule has 3 aliphatic rings. The Bertz CT molecular complexity index is 778. The second-order valence-electron chi connectivity index (χ2n) is 7.21. The van der Waals surface area contributed by atoms with Gasteiger partial charge in [0.2, 0.25) is 11.8 Å². The van der Waals surface area contributed by atoms with Gasteiger partial charge < -0.3 is 9.80 Å². The number of nitrogens with zero attached hydrogens (tertiary/aromatic N) is 3. The number of fused-ring (bicyclic) bond motifs is 4. The van der Waals surface area contributed by atoms with Crippen LogP contribution in [-0.2, 0) is 22.6 Å². The maximum absolute atomic E-state index is 12.9. The van der Waals surface area contributed by atoms with Crippen molar-refractivity contribution in [2.75, 3.05) is 13.1 Å². The number of benzene rings is 1. The van der Waals surface area contributed by atoms with Gasteiger partial charge in [-0.05, 0) is 36.1 Å². The quantitative estimate of drug-likeness (QED) is 0.851. The summed E-state index contributed by atoms with van der Waals surface area (Å²) in [5, 5.41) is 0. The predicted molar refractivity (Wildman–Crippen MR) is 98.0 cm³/mol. The highest BCUT2D eigenvalue weighted by Gasteiger charge is 2.41. The molecule has 0 N–H and O–H groups in total. The summed E-state index contributed by atoms with van der Waals surface area (Å²) in [4.78, 5) is 33.6. The molecule has 3 aliphatic heterocycles. The summed E-state index contributed by atoms with van der Waals surface area (Å²) in [6, 6.07) is 14.0. The molecule has 26 heavy (non-hydrogen) atoms. The number of carbonyl (C=O) groups excluding carboxylic acids is 2. The first-order valence-corrected chi connectivity index (χ1v) is 9.22. The summed E-state index contributed by atoms with van der Waals surface area (Å²) >= 11 is 0. The Balaban J connectivity index is 1.48. The lowest BCUT2D eigenvalue weighted by atomic mass is 9.93. The molecule has 2 atom stereocenters. The molecular weight excluding hydrogens is 326 g/mol. The van der Waals surface area contributed by atoms with Gasteiger partial charge in [0.1, 0.15) is 0 Å². The number of amides is 2. The highest BCUT2D eigenvalue weighted by Crippen LogP contribution is 2.30. The number of pyridine rings is 1. The molecule has 1 aromatic carbocycles. The Kier molecular flexibility index (Phi) is 4.69. The van der Waals surface area contributed by atoms with Crippen LogP contribution in [0.2, 0.25) is 0 Å². The molecule has 1 aromatic heterocycles. The first-order chi connectivity index (χ1) is 12.7. The smallest absolute Gasteiger partial charge is 0.228 e. The Hall–Kier alpha value is -2.69. The number of carbonyl (C=O) groups is 2. The summed E-state index contributed by atoms with van der Waals surface area (Å²) in [7, 11) is 0. The fraction of sp³-hybridized carbons (Fsp3) is 0.381. The van der Waals surface area contributed by atoms with Crippen molar-refractivity contribution in [1.82, 2.24) is 14.8 Å². The minimum atomic E-state index is -0.0705. The van der Waals surface area contributed by atoms with Gasteiger partial charge in [-0.1, -0.05) is 30.3 Å². The van der Waals surface area contributed by atoms with E-state index in [0.29, 0.717) is 26.1 Å². The van der Waals surface area contributed by atoms with Crippen LogP contribution >= 0.6 is 0 Å². The van der Waals surface area contributed by atoms with Gasteiger partial charge in [-0.3, -0.25) is 14.6 Å². The summed E-state index contributed by atoms with van der Waals surface area (Å²) in [6.07, 6.45) is 5.64. The maximum Gasteiger partial charge on any atom is 0.228 e. The number of hydrogen-bond acceptors (Lipinski definition) is 3. The highest BCUT2D eigenvalue weighted by atomic mass is 16.2. The molecule has 5 nitrogen and oxygen atoms in total. The molecule has 5 heteroatoms. The van der Waals surface area contributed by atoms with Gasteiger partial charge in [0.15, 0.2) is 0 Å². The van der Waals surface area contributed by atoms with E-state index >= 15 is 0 Å². The van der Waals surface area contributed by atoms with Crippen molar-refractivity contribution >= 4 is 11.8 Å². The lowest BCUT2D eigenvalue weighted by Crippen LogP contribution is -2.47. The minimum absolute atomic E-state index is 0.0705. The topological polar surface area (TPSA) is 53.5 Å². The van der Waals surface area contributed by atoms with Gasteiger partial charge in [0.25, 0.3) is 0 Å². The van der Waals surface area contributed by atoms with E-state index in [0.717, 1.165) is 24.0 Å². The standard InChI is InChI=1S/C21H23N3O2/c25-20(12-16-8-10-22-11-9-16)23-14-18-6-7-19(15-23)24(21(18)26)13-17-4-2-1-3-5-17/h1-5,8-11,18-19H,6-7,12-15H2/t18-,19+/m1/s1. The van der Waals surface area contributed by atoms with Crippen molar-refractivity contribution < 1.29 is 9.59 Å². The van der Waals surface area contributed by atoms with Crippen molar-refractivity contribution in [3.63, 3.8) is 0 Å². The van der Waals surface area contributed by atoms with Gasteiger partial charge in [0, 0.05) is 38.1 Å². The van der Waals surface area contributed by atoms with Crippen LogP contribution in [0.3, 0.4) is 0 Å². The third-order valence-electron chi connectivity index (χ3n) is 5.45. The van der Waals surface area contributed by atoms with E-state index in [-0.39, 0.29) is 23.8 Å². The number of aromatic nitrogens is 1. The van der Waals surface area contributed by atoms with Crippen LogP contribution < -0.4 is 0 Å². The summed E-state index contributed by atoms with van der Waals surface area (Å²) < 4.78 is 0. The van der Waals surface area contributed by atoms with Crippen LogP contribution in [0.1, 0.15) is 24.0 Å². The SMILES string of the molecule is O=C(Cc1ccncc1)N1C[C@H]2CC[C@@H](C1)N(Cc1ccccc1)C2=O. The fourth-order valence-electron chi connectivity index (χ4n) is 4.02. The van der Waals surface area contributed by atoms with Crippen molar-refractivity contribution in [3.05, 3.63) is 66.0 Å². The normalized spacial score (nSPS) is 22.4. The fourth-order valence-corrected chi connectivity index (χ4v) is 4.02. The third kappa shape index (κ3) is 3.47. The van der Waals surface area contributed by atoms with Gasteiger partial charge in [-0.15, -0.1) is 0 Å². The van der Waals surface area contributed by atoms with E-state index in [2.05, 4.69) is 17.1 Å². The molecule has 2 bridgehead atoms. The van der Waals surface area contributed by atoms with Crippen LogP contribution in [0.25, 0.3) is 0 Å². The first-order valence-electron chi connectivity index (χ1n) is 9.22. The Morgan fingerprint density at radius 3 is 2.54 bits per heavy atom. The summed E-state index contributed by atoms with van der Waals surface area (Å²) in [5.74, 6) is 0.227. The average molecular weight is 349 g/mol. The van der Waals surface area contributed by atoms with Crippen LogP contribution in [0.4, 0.5) is 0 Å². The molecule has 0 saturated carbocycles. The van der Waals surface area contributed by atoms with Gasteiger partial charge in [-0.25, -0.2) is 0 Å². The van der Waals surface area contributed by atoms with Gasteiger partial charge >= 0.3 is 0 Å². The largest absolute Gasteiger partial charge is 0.340 e. The third-order valence-corrected chi connectivity index (χ3v) is 5.45. The molecule has 5 rings (SSSR count). The van der Waals surface area contributed by atoms with Crippen molar-refractivity contribution in [2.45, 2.75) is 31.8 Å². The van der Waals surface area contributed by atoms with Crippen LogP contribution in [0.15, 0.2) is 54.9 Å². The number of piperidine rings is 1. The lowest BCUT2D eigenvalue weighted by Gasteiger charge is -2.36. The molecule has 4 heterocycles. The van der Waals surface area contributed by atoms with Crippen LogP contribution in [0.5, 0.6) is 0 Å². The zero-order valence-electron chi connectivity index (χ0n) is 14.8. The van der Waals surface area contributed by atoms with E-state index < -0.39 is 0 Å². The second kappa shape index (κ2) is 7.28. The zero-order valence-corrected chi connectivity index (χ0v) is 14.8. The Morgan fingerprint density at radius 2 is 1.77 bits per heavy atom. The zero-order chi connectivity index (χ0) is 17.9.